The SMILES string of the molecule is COc1ccc(C(C)C)cc1CN[C@@H]1CN2CCC1CC2. The molecule has 4 rings (SSSR count). The van der Waals surface area contributed by atoms with E-state index in [9.17, 15) is 0 Å². The molecule has 3 heteroatoms. The molecule has 3 saturated heterocycles. The molecule has 3 nitrogen and oxygen atoms in total. The van der Waals surface area contributed by atoms with Gasteiger partial charge in [0, 0.05) is 24.7 Å². The Morgan fingerprint density at radius 3 is 2.62 bits per heavy atom. The normalized spacial score (nSPS) is 28.1. The van der Waals surface area contributed by atoms with Gasteiger partial charge in [-0.25, -0.2) is 0 Å². The Bertz CT molecular complexity index is 478. The van der Waals surface area contributed by atoms with Crippen molar-refractivity contribution in [1.82, 2.24) is 10.2 Å². The summed E-state index contributed by atoms with van der Waals surface area (Å²) in [5.41, 5.74) is 2.68. The lowest BCUT2D eigenvalue weighted by Gasteiger charge is -2.45. The molecule has 116 valence electrons. The molecule has 1 N–H and O–H groups in total. The van der Waals surface area contributed by atoms with E-state index in [0.717, 1.165) is 18.2 Å². The van der Waals surface area contributed by atoms with Crippen LogP contribution < -0.4 is 10.1 Å². The molecule has 3 aliphatic heterocycles. The predicted molar refractivity (Wildman–Crippen MR) is 86.9 cm³/mol. The van der Waals surface area contributed by atoms with Crippen molar-refractivity contribution in [3.8, 4) is 5.75 Å². The molecule has 21 heavy (non-hydrogen) atoms. The third-order valence-corrected chi connectivity index (χ3v) is 5.18. The Hall–Kier alpha value is -1.06. The van der Waals surface area contributed by atoms with Crippen LogP contribution in [-0.2, 0) is 6.54 Å². The molecule has 3 fully saturated rings. The van der Waals surface area contributed by atoms with Crippen molar-refractivity contribution in [3.63, 3.8) is 0 Å². The van der Waals surface area contributed by atoms with Crippen LogP contribution in [0.15, 0.2) is 18.2 Å². The zero-order valence-electron chi connectivity index (χ0n) is 13.6. The fourth-order valence-electron chi connectivity index (χ4n) is 3.73. The van der Waals surface area contributed by atoms with Gasteiger partial charge in [-0.3, -0.25) is 0 Å². The lowest BCUT2D eigenvalue weighted by molar-refractivity contribution is 0.0719. The van der Waals surface area contributed by atoms with Crippen LogP contribution in [0.5, 0.6) is 5.75 Å². The fourth-order valence-corrected chi connectivity index (χ4v) is 3.73. The number of nitrogens with one attached hydrogen (secondary N) is 1. The highest BCUT2D eigenvalue weighted by Crippen LogP contribution is 2.29. The standard InChI is InChI=1S/C18H28N2O/c1-13(2)15-4-5-18(21-3)16(10-15)11-19-17-12-20-8-6-14(17)7-9-20/h4-5,10,13-14,17,19H,6-9,11-12H2,1-3H3/t17-/m1/s1. The third kappa shape index (κ3) is 3.24. The maximum Gasteiger partial charge on any atom is 0.123 e. The number of rotatable bonds is 5. The molecular formula is C18H28N2O. The average Bonchev–Trinajstić information content (AvgIpc) is 2.53. The number of benzene rings is 1. The van der Waals surface area contributed by atoms with Gasteiger partial charge in [0.1, 0.15) is 5.75 Å². The van der Waals surface area contributed by atoms with Crippen LogP contribution in [0.2, 0.25) is 0 Å². The number of piperidine rings is 3. The summed E-state index contributed by atoms with van der Waals surface area (Å²) in [4.78, 5) is 2.60. The van der Waals surface area contributed by atoms with E-state index in [1.807, 2.05) is 0 Å². The molecule has 3 heterocycles. The lowest BCUT2D eigenvalue weighted by Crippen LogP contribution is -2.55. The molecule has 0 spiro atoms. The summed E-state index contributed by atoms with van der Waals surface area (Å²) in [6.45, 7) is 9.22. The molecule has 0 amide bonds. The summed E-state index contributed by atoms with van der Waals surface area (Å²) in [6, 6.07) is 7.25. The van der Waals surface area contributed by atoms with Gasteiger partial charge in [0.25, 0.3) is 0 Å². The molecule has 1 aromatic rings. The summed E-state index contributed by atoms with van der Waals surface area (Å²) < 4.78 is 5.53. The van der Waals surface area contributed by atoms with Crippen LogP contribution >= 0.6 is 0 Å². The maximum atomic E-state index is 5.53. The van der Waals surface area contributed by atoms with Crippen molar-refractivity contribution < 1.29 is 4.74 Å². The van der Waals surface area contributed by atoms with Crippen LogP contribution in [-0.4, -0.2) is 37.7 Å². The van der Waals surface area contributed by atoms with Gasteiger partial charge in [-0.2, -0.15) is 0 Å². The molecule has 0 radical (unpaired) electrons. The number of hydrogen-bond acceptors (Lipinski definition) is 3. The molecule has 3 aliphatic rings. The van der Waals surface area contributed by atoms with Crippen LogP contribution in [0.25, 0.3) is 0 Å². The van der Waals surface area contributed by atoms with Gasteiger partial charge in [-0.05, 0) is 49.4 Å². The Morgan fingerprint density at radius 1 is 1.29 bits per heavy atom. The Kier molecular flexibility index (Phi) is 4.51. The van der Waals surface area contributed by atoms with Gasteiger partial charge in [0.05, 0.1) is 7.11 Å². The second-order valence-corrected chi connectivity index (χ2v) is 6.85. The molecule has 0 aliphatic carbocycles. The number of hydrogen-bond donors (Lipinski definition) is 1. The summed E-state index contributed by atoms with van der Waals surface area (Å²) in [5.74, 6) is 2.44. The van der Waals surface area contributed by atoms with E-state index in [2.05, 4.69) is 42.3 Å². The first-order chi connectivity index (χ1) is 10.2. The van der Waals surface area contributed by atoms with E-state index in [1.54, 1.807) is 7.11 Å². The first kappa shape index (κ1) is 14.9. The molecule has 0 aromatic heterocycles. The van der Waals surface area contributed by atoms with Crippen LogP contribution in [0.4, 0.5) is 0 Å². The summed E-state index contributed by atoms with van der Waals surface area (Å²) >= 11 is 0. The topological polar surface area (TPSA) is 24.5 Å². The number of nitrogens with zero attached hydrogens (tertiary/aromatic N) is 1. The monoisotopic (exact) mass is 288 g/mol. The van der Waals surface area contributed by atoms with E-state index in [1.165, 1.54) is 43.6 Å². The summed E-state index contributed by atoms with van der Waals surface area (Å²) in [7, 11) is 1.77. The highest BCUT2D eigenvalue weighted by molar-refractivity contribution is 5.38. The summed E-state index contributed by atoms with van der Waals surface area (Å²) in [6.07, 6.45) is 2.72. The predicted octanol–water partition coefficient (Wildman–Crippen LogP) is 3.00. The van der Waals surface area contributed by atoms with Gasteiger partial charge in [-0.1, -0.05) is 26.0 Å². The molecule has 0 saturated carbocycles. The van der Waals surface area contributed by atoms with Crippen molar-refractivity contribution in [1.29, 1.82) is 0 Å². The molecule has 1 aromatic carbocycles. The van der Waals surface area contributed by atoms with Gasteiger partial charge in [0.2, 0.25) is 0 Å². The van der Waals surface area contributed by atoms with Gasteiger partial charge in [0.15, 0.2) is 0 Å². The number of fused-ring (bicyclic) bond motifs is 3. The number of methoxy groups -OCH3 is 1. The van der Waals surface area contributed by atoms with Gasteiger partial charge < -0.3 is 15.0 Å². The first-order valence-electron chi connectivity index (χ1n) is 8.30. The van der Waals surface area contributed by atoms with Crippen molar-refractivity contribution in [2.45, 2.75) is 45.2 Å². The quantitative estimate of drug-likeness (QED) is 0.901. The van der Waals surface area contributed by atoms with Crippen LogP contribution in [0, 0.1) is 5.92 Å². The van der Waals surface area contributed by atoms with E-state index < -0.39 is 0 Å². The molecule has 0 unspecified atom stereocenters. The fraction of sp³-hybridized carbons (Fsp3) is 0.667. The summed E-state index contributed by atoms with van der Waals surface area (Å²) in [5, 5.41) is 3.79. The second kappa shape index (κ2) is 6.37. The lowest BCUT2D eigenvalue weighted by atomic mass is 9.84. The van der Waals surface area contributed by atoms with Crippen molar-refractivity contribution >= 4 is 0 Å². The second-order valence-electron chi connectivity index (χ2n) is 6.85. The maximum absolute atomic E-state index is 5.53. The van der Waals surface area contributed by atoms with E-state index in [0.29, 0.717) is 12.0 Å². The molecular weight excluding hydrogens is 260 g/mol. The Balaban J connectivity index is 1.67. The minimum absolute atomic E-state index is 0.562. The first-order valence-corrected chi connectivity index (χ1v) is 8.30. The van der Waals surface area contributed by atoms with Crippen molar-refractivity contribution in [3.05, 3.63) is 29.3 Å². The zero-order chi connectivity index (χ0) is 14.8. The average molecular weight is 288 g/mol. The highest BCUT2D eigenvalue weighted by atomic mass is 16.5. The van der Waals surface area contributed by atoms with Crippen molar-refractivity contribution in [2.75, 3.05) is 26.7 Å². The van der Waals surface area contributed by atoms with Crippen LogP contribution in [0.1, 0.15) is 43.7 Å². The van der Waals surface area contributed by atoms with E-state index in [-0.39, 0.29) is 0 Å². The van der Waals surface area contributed by atoms with Gasteiger partial charge >= 0.3 is 0 Å². The smallest absolute Gasteiger partial charge is 0.123 e. The highest BCUT2D eigenvalue weighted by Gasteiger charge is 2.33. The molecule has 2 bridgehead atoms. The molecule has 1 atom stereocenters. The Morgan fingerprint density at radius 2 is 2.05 bits per heavy atom. The number of ether oxygens (including phenoxy) is 1. The van der Waals surface area contributed by atoms with E-state index >= 15 is 0 Å². The largest absolute Gasteiger partial charge is 0.496 e. The van der Waals surface area contributed by atoms with Crippen LogP contribution in [0.3, 0.4) is 0 Å². The minimum atomic E-state index is 0.562. The van der Waals surface area contributed by atoms with Crippen molar-refractivity contribution in [2.24, 2.45) is 5.92 Å². The zero-order valence-corrected chi connectivity index (χ0v) is 13.6. The van der Waals surface area contributed by atoms with Gasteiger partial charge in [-0.15, -0.1) is 0 Å². The Labute approximate surface area is 128 Å². The van der Waals surface area contributed by atoms with E-state index in [4.69, 9.17) is 4.74 Å². The minimum Gasteiger partial charge on any atom is -0.496 e. The third-order valence-electron chi connectivity index (χ3n) is 5.18.